The van der Waals surface area contributed by atoms with Crippen LogP contribution in [0.3, 0.4) is 0 Å². The van der Waals surface area contributed by atoms with Gasteiger partial charge < -0.3 is 24.4 Å². The van der Waals surface area contributed by atoms with Gasteiger partial charge in [0, 0.05) is 19.2 Å². The number of benzene rings is 2. The number of nitrogens with one attached hydrogen (secondary N) is 1. The standard InChI is InChI=1S/C22H24N2O6/c1-3-15-4-6-16(7-5-15)12-24(2)20(25)13-28-21(26)11-23-22(27)17-8-9-18-19(10-17)30-14-29-18/h4-10H,3,11-14H2,1-2H3,(H,23,27). The normalized spacial score (nSPS) is 11.7. The number of carbonyl (C=O) groups excluding carboxylic acids is 3. The Balaban J connectivity index is 1.40. The maximum atomic E-state index is 12.2. The number of rotatable bonds is 8. The molecule has 0 aliphatic carbocycles. The molecular weight excluding hydrogens is 388 g/mol. The summed E-state index contributed by atoms with van der Waals surface area (Å²) in [6, 6.07) is 12.7. The second kappa shape index (κ2) is 9.78. The number of nitrogens with zero attached hydrogens (tertiary/aromatic N) is 1. The minimum Gasteiger partial charge on any atom is -0.454 e. The summed E-state index contributed by atoms with van der Waals surface area (Å²) in [4.78, 5) is 37.7. The molecule has 0 saturated heterocycles. The zero-order valence-electron chi connectivity index (χ0n) is 17.0. The van der Waals surface area contributed by atoms with Crippen molar-refractivity contribution in [1.82, 2.24) is 10.2 Å². The van der Waals surface area contributed by atoms with Gasteiger partial charge in [-0.15, -0.1) is 0 Å². The number of fused-ring (bicyclic) bond motifs is 1. The molecular formula is C22H24N2O6. The highest BCUT2D eigenvalue weighted by atomic mass is 16.7. The van der Waals surface area contributed by atoms with E-state index in [9.17, 15) is 14.4 Å². The Morgan fingerprint density at radius 1 is 1.03 bits per heavy atom. The largest absolute Gasteiger partial charge is 0.454 e. The second-order valence-electron chi connectivity index (χ2n) is 6.83. The summed E-state index contributed by atoms with van der Waals surface area (Å²) >= 11 is 0. The van der Waals surface area contributed by atoms with E-state index in [1.807, 2.05) is 24.3 Å². The van der Waals surface area contributed by atoms with Crippen molar-refractivity contribution in [3.8, 4) is 11.5 Å². The average Bonchev–Trinajstić information content (AvgIpc) is 3.24. The van der Waals surface area contributed by atoms with E-state index in [4.69, 9.17) is 14.2 Å². The maximum absolute atomic E-state index is 12.2. The van der Waals surface area contributed by atoms with Crippen LogP contribution in [0.2, 0.25) is 0 Å². The fourth-order valence-corrected chi connectivity index (χ4v) is 2.84. The lowest BCUT2D eigenvalue weighted by atomic mass is 10.1. The monoisotopic (exact) mass is 412 g/mol. The third-order valence-corrected chi connectivity index (χ3v) is 4.66. The number of aryl methyl sites for hydroxylation is 1. The summed E-state index contributed by atoms with van der Waals surface area (Å²) < 4.78 is 15.4. The summed E-state index contributed by atoms with van der Waals surface area (Å²) in [5.41, 5.74) is 2.55. The molecule has 0 radical (unpaired) electrons. The van der Waals surface area contributed by atoms with Gasteiger partial charge in [0.1, 0.15) is 6.54 Å². The SMILES string of the molecule is CCc1ccc(CN(C)C(=O)COC(=O)CNC(=O)c2ccc3c(c2)OCO3)cc1. The van der Waals surface area contributed by atoms with Crippen molar-refractivity contribution in [3.63, 3.8) is 0 Å². The van der Waals surface area contributed by atoms with Crippen molar-refractivity contribution in [2.45, 2.75) is 19.9 Å². The van der Waals surface area contributed by atoms with Crippen LogP contribution >= 0.6 is 0 Å². The Hall–Kier alpha value is -3.55. The Morgan fingerprint density at radius 3 is 2.47 bits per heavy atom. The van der Waals surface area contributed by atoms with Gasteiger partial charge in [0.25, 0.3) is 11.8 Å². The minimum absolute atomic E-state index is 0.110. The van der Waals surface area contributed by atoms with Crippen LogP contribution in [-0.4, -0.2) is 49.7 Å². The first-order chi connectivity index (χ1) is 14.5. The summed E-state index contributed by atoms with van der Waals surface area (Å²) in [6.45, 7) is 1.88. The summed E-state index contributed by atoms with van der Waals surface area (Å²) in [5.74, 6) is -0.439. The first kappa shape index (κ1) is 21.2. The van der Waals surface area contributed by atoms with Gasteiger partial charge in [-0.05, 0) is 35.7 Å². The van der Waals surface area contributed by atoms with E-state index in [0.29, 0.717) is 23.6 Å². The fourth-order valence-electron chi connectivity index (χ4n) is 2.84. The molecule has 0 bridgehead atoms. The molecule has 1 aliphatic rings. The molecule has 1 aliphatic heterocycles. The van der Waals surface area contributed by atoms with Crippen LogP contribution in [0, 0.1) is 0 Å². The van der Waals surface area contributed by atoms with Crippen LogP contribution in [0.5, 0.6) is 11.5 Å². The third-order valence-electron chi connectivity index (χ3n) is 4.66. The van der Waals surface area contributed by atoms with Gasteiger partial charge in [0.05, 0.1) is 0 Å². The predicted molar refractivity (Wildman–Crippen MR) is 108 cm³/mol. The first-order valence-corrected chi connectivity index (χ1v) is 9.61. The molecule has 8 heteroatoms. The van der Waals surface area contributed by atoms with Crippen LogP contribution in [0.15, 0.2) is 42.5 Å². The van der Waals surface area contributed by atoms with E-state index < -0.39 is 11.9 Å². The van der Waals surface area contributed by atoms with Gasteiger partial charge in [-0.2, -0.15) is 0 Å². The van der Waals surface area contributed by atoms with Crippen molar-refractivity contribution in [3.05, 3.63) is 59.2 Å². The highest BCUT2D eigenvalue weighted by Crippen LogP contribution is 2.32. The molecule has 2 aromatic rings. The van der Waals surface area contributed by atoms with E-state index in [0.717, 1.165) is 12.0 Å². The molecule has 0 saturated carbocycles. The second-order valence-corrected chi connectivity index (χ2v) is 6.83. The minimum atomic E-state index is -0.696. The Labute approximate surface area is 174 Å². The number of esters is 1. The van der Waals surface area contributed by atoms with Crippen molar-refractivity contribution >= 4 is 17.8 Å². The van der Waals surface area contributed by atoms with Crippen LogP contribution in [0.1, 0.15) is 28.4 Å². The van der Waals surface area contributed by atoms with Gasteiger partial charge >= 0.3 is 5.97 Å². The van der Waals surface area contributed by atoms with Crippen molar-refractivity contribution < 1.29 is 28.6 Å². The van der Waals surface area contributed by atoms with Crippen LogP contribution in [0.4, 0.5) is 0 Å². The smallest absolute Gasteiger partial charge is 0.325 e. The number of hydrogen-bond donors (Lipinski definition) is 1. The molecule has 0 aromatic heterocycles. The molecule has 0 atom stereocenters. The number of amides is 2. The molecule has 0 fully saturated rings. The maximum Gasteiger partial charge on any atom is 0.325 e. The summed E-state index contributed by atoms with van der Waals surface area (Å²) in [5, 5.41) is 2.46. The molecule has 1 N–H and O–H groups in total. The lowest BCUT2D eigenvalue weighted by Gasteiger charge is -2.17. The molecule has 30 heavy (non-hydrogen) atoms. The molecule has 8 nitrogen and oxygen atoms in total. The van der Waals surface area contributed by atoms with Gasteiger partial charge in [-0.25, -0.2) is 0 Å². The zero-order chi connectivity index (χ0) is 21.5. The number of carbonyl (C=O) groups is 3. The Morgan fingerprint density at radius 2 is 1.73 bits per heavy atom. The highest BCUT2D eigenvalue weighted by molar-refractivity contribution is 5.96. The summed E-state index contributed by atoms with van der Waals surface area (Å²) in [6.07, 6.45) is 0.955. The molecule has 158 valence electrons. The Bertz CT molecular complexity index is 926. The van der Waals surface area contributed by atoms with Gasteiger partial charge in [0.15, 0.2) is 18.1 Å². The van der Waals surface area contributed by atoms with E-state index >= 15 is 0 Å². The van der Waals surface area contributed by atoms with Gasteiger partial charge in [0.2, 0.25) is 6.79 Å². The quantitative estimate of drug-likeness (QED) is 0.666. The van der Waals surface area contributed by atoms with Crippen molar-refractivity contribution in [2.75, 3.05) is 27.0 Å². The van der Waals surface area contributed by atoms with Crippen molar-refractivity contribution in [1.29, 1.82) is 0 Å². The first-order valence-electron chi connectivity index (χ1n) is 9.61. The van der Waals surface area contributed by atoms with E-state index in [1.165, 1.54) is 16.5 Å². The van der Waals surface area contributed by atoms with E-state index in [-0.39, 0.29) is 25.9 Å². The van der Waals surface area contributed by atoms with Crippen LogP contribution in [-0.2, 0) is 27.3 Å². The van der Waals surface area contributed by atoms with Crippen LogP contribution in [0.25, 0.3) is 0 Å². The molecule has 1 heterocycles. The number of hydrogen-bond acceptors (Lipinski definition) is 6. The molecule has 2 amide bonds. The van der Waals surface area contributed by atoms with Gasteiger partial charge in [-0.3, -0.25) is 14.4 Å². The fraction of sp³-hybridized carbons (Fsp3) is 0.318. The Kier molecular flexibility index (Phi) is 6.90. The highest BCUT2D eigenvalue weighted by Gasteiger charge is 2.17. The molecule has 2 aromatic carbocycles. The van der Waals surface area contributed by atoms with Crippen LogP contribution < -0.4 is 14.8 Å². The van der Waals surface area contributed by atoms with Crippen molar-refractivity contribution in [2.24, 2.45) is 0 Å². The zero-order valence-corrected chi connectivity index (χ0v) is 17.0. The number of likely N-dealkylation sites (N-methyl/N-ethyl adjacent to an activating group) is 1. The lowest BCUT2D eigenvalue weighted by molar-refractivity contribution is -0.150. The molecule has 0 spiro atoms. The van der Waals surface area contributed by atoms with E-state index in [2.05, 4.69) is 12.2 Å². The van der Waals surface area contributed by atoms with E-state index in [1.54, 1.807) is 19.2 Å². The molecule has 0 unspecified atom stereocenters. The lowest BCUT2D eigenvalue weighted by Crippen LogP contribution is -2.34. The topological polar surface area (TPSA) is 94.2 Å². The molecule has 3 rings (SSSR count). The number of ether oxygens (including phenoxy) is 3. The van der Waals surface area contributed by atoms with Gasteiger partial charge in [-0.1, -0.05) is 31.2 Å². The average molecular weight is 412 g/mol. The summed E-state index contributed by atoms with van der Waals surface area (Å²) in [7, 11) is 1.64. The third kappa shape index (κ3) is 5.50. The predicted octanol–water partition coefficient (Wildman–Crippen LogP) is 1.91.